The first-order chi connectivity index (χ1) is 6.85. The Labute approximate surface area is 85.8 Å². The van der Waals surface area contributed by atoms with E-state index >= 15 is 0 Å². The molecule has 1 heteroatoms. The molecule has 0 fully saturated rings. The quantitative estimate of drug-likeness (QED) is 0.367. The van der Waals surface area contributed by atoms with Crippen LogP contribution in [-0.4, -0.2) is 6.29 Å². The number of rotatable bonds is 5. The summed E-state index contributed by atoms with van der Waals surface area (Å²) in [5, 5.41) is 0. The van der Waals surface area contributed by atoms with Gasteiger partial charge in [-0.1, -0.05) is 48.6 Å². The predicted molar refractivity (Wildman–Crippen MR) is 62.1 cm³/mol. The van der Waals surface area contributed by atoms with Crippen molar-refractivity contribution in [1.82, 2.24) is 0 Å². The molecular weight excluding hydrogens is 172 g/mol. The highest BCUT2D eigenvalue weighted by Crippen LogP contribution is 2.00. The second-order valence-electron chi connectivity index (χ2n) is 2.57. The van der Waals surface area contributed by atoms with E-state index in [1.165, 1.54) is 6.08 Å². The molecule has 0 aliphatic heterocycles. The standard InChI is InChI=1S/C13H16O/c1-3-5-6-10-13(9-4-2)11-7-8-12-14/h3-12H,1-2H3/b5-3-,8-7-,9-4?,10-6?,13-11?. The summed E-state index contributed by atoms with van der Waals surface area (Å²) < 4.78 is 0. The zero-order valence-electron chi connectivity index (χ0n) is 8.68. The largest absolute Gasteiger partial charge is 0.299 e. The SMILES string of the molecule is CC=CC(C=C/C=C\C)=C/C=C\C=O. The molecule has 0 bridgehead atoms. The lowest BCUT2D eigenvalue weighted by molar-refractivity contribution is -0.104. The molecule has 0 saturated carbocycles. The first-order valence-corrected chi connectivity index (χ1v) is 4.59. The van der Waals surface area contributed by atoms with E-state index in [4.69, 9.17) is 0 Å². The summed E-state index contributed by atoms with van der Waals surface area (Å²) in [5.74, 6) is 0. The average molecular weight is 188 g/mol. The molecule has 0 aliphatic rings. The van der Waals surface area contributed by atoms with Crippen LogP contribution in [0.2, 0.25) is 0 Å². The Morgan fingerprint density at radius 3 is 2.21 bits per heavy atom. The van der Waals surface area contributed by atoms with Crippen LogP contribution < -0.4 is 0 Å². The summed E-state index contributed by atoms with van der Waals surface area (Å²) in [5.41, 5.74) is 1.06. The Kier molecular flexibility index (Phi) is 8.36. The van der Waals surface area contributed by atoms with Crippen LogP contribution in [0.4, 0.5) is 0 Å². The maximum absolute atomic E-state index is 10.0. The van der Waals surface area contributed by atoms with Gasteiger partial charge in [0.1, 0.15) is 6.29 Å². The fourth-order valence-corrected chi connectivity index (χ4v) is 0.849. The molecule has 0 rings (SSSR count). The summed E-state index contributed by atoms with van der Waals surface area (Å²) >= 11 is 0. The van der Waals surface area contributed by atoms with Crippen LogP contribution in [0.1, 0.15) is 13.8 Å². The van der Waals surface area contributed by atoms with Crippen molar-refractivity contribution in [3.8, 4) is 0 Å². The van der Waals surface area contributed by atoms with Crippen molar-refractivity contribution < 1.29 is 4.79 Å². The van der Waals surface area contributed by atoms with Crippen LogP contribution >= 0.6 is 0 Å². The molecule has 0 radical (unpaired) electrons. The first kappa shape index (κ1) is 12.4. The van der Waals surface area contributed by atoms with E-state index in [2.05, 4.69) is 0 Å². The number of carbonyl (C=O) groups is 1. The second kappa shape index (κ2) is 9.46. The molecule has 0 atom stereocenters. The van der Waals surface area contributed by atoms with E-state index in [-0.39, 0.29) is 0 Å². The highest BCUT2D eigenvalue weighted by molar-refractivity contribution is 5.65. The van der Waals surface area contributed by atoms with Gasteiger partial charge in [-0.2, -0.15) is 0 Å². The van der Waals surface area contributed by atoms with Crippen LogP contribution in [0.25, 0.3) is 0 Å². The smallest absolute Gasteiger partial charge is 0.142 e. The predicted octanol–water partition coefficient (Wildman–Crippen LogP) is 3.38. The Morgan fingerprint density at radius 1 is 0.857 bits per heavy atom. The molecule has 0 amide bonds. The molecule has 0 N–H and O–H groups in total. The molecule has 0 heterocycles. The van der Waals surface area contributed by atoms with Gasteiger partial charge >= 0.3 is 0 Å². The number of hydrogen-bond donors (Lipinski definition) is 0. The molecular formula is C13H16O. The third-order valence-electron chi connectivity index (χ3n) is 1.43. The molecule has 0 saturated heterocycles. The van der Waals surface area contributed by atoms with Gasteiger partial charge in [0.05, 0.1) is 0 Å². The second-order valence-corrected chi connectivity index (χ2v) is 2.57. The van der Waals surface area contributed by atoms with E-state index in [0.29, 0.717) is 0 Å². The minimum absolute atomic E-state index is 0.763. The van der Waals surface area contributed by atoms with E-state index < -0.39 is 0 Å². The summed E-state index contributed by atoms with van der Waals surface area (Å²) in [6, 6.07) is 0. The van der Waals surface area contributed by atoms with Crippen LogP contribution in [0, 0.1) is 0 Å². The monoisotopic (exact) mass is 188 g/mol. The number of hydrogen-bond acceptors (Lipinski definition) is 1. The minimum Gasteiger partial charge on any atom is -0.299 e. The Morgan fingerprint density at radius 2 is 1.64 bits per heavy atom. The van der Waals surface area contributed by atoms with E-state index in [1.807, 2.05) is 56.4 Å². The summed E-state index contributed by atoms with van der Waals surface area (Å²) in [6.45, 7) is 3.93. The normalized spacial score (nSPS) is 14.0. The lowest BCUT2D eigenvalue weighted by Gasteiger charge is -1.89. The minimum atomic E-state index is 0.763. The van der Waals surface area contributed by atoms with E-state index in [9.17, 15) is 4.79 Å². The van der Waals surface area contributed by atoms with Gasteiger partial charge in [0, 0.05) is 0 Å². The molecule has 1 nitrogen and oxygen atoms in total. The molecule has 0 aromatic carbocycles. The van der Waals surface area contributed by atoms with Crippen molar-refractivity contribution in [2.24, 2.45) is 0 Å². The van der Waals surface area contributed by atoms with Crippen molar-refractivity contribution in [2.75, 3.05) is 0 Å². The van der Waals surface area contributed by atoms with Crippen LogP contribution in [0.3, 0.4) is 0 Å². The van der Waals surface area contributed by atoms with Gasteiger partial charge in [0.15, 0.2) is 0 Å². The van der Waals surface area contributed by atoms with Gasteiger partial charge in [0.2, 0.25) is 0 Å². The highest BCUT2D eigenvalue weighted by Gasteiger charge is 1.80. The topological polar surface area (TPSA) is 17.1 Å². The van der Waals surface area contributed by atoms with Crippen molar-refractivity contribution in [2.45, 2.75) is 13.8 Å². The fourth-order valence-electron chi connectivity index (χ4n) is 0.849. The Hall–Kier alpha value is -1.63. The van der Waals surface area contributed by atoms with E-state index in [1.54, 1.807) is 6.08 Å². The molecule has 0 aliphatic carbocycles. The molecule has 0 aromatic heterocycles. The molecule has 0 aromatic rings. The lowest BCUT2D eigenvalue weighted by Crippen LogP contribution is -1.69. The van der Waals surface area contributed by atoms with Crippen molar-refractivity contribution >= 4 is 6.29 Å². The van der Waals surface area contributed by atoms with Gasteiger partial charge in [-0.15, -0.1) is 0 Å². The van der Waals surface area contributed by atoms with Crippen molar-refractivity contribution in [3.63, 3.8) is 0 Å². The highest BCUT2D eigenvalue weighted by atomic mass is 16.1. The summed E-state index contributed by atoms with van der Waals surface area (Å²) in [7, 11) is 0. The van der Waals surface area contributed by atoms with Gasteiger partial charge in [-0.05, 0) is 25.5 Å². The third kappa shape index (κ3) is 7.04. The maximum Gasteiger partial charge on any atom is 0.142 e. The molecule has 0 spiro atoms. The number of aldehydes is 1. The number of allylic oxidation sites excluding steroid dienone is 10. The van der Waals surface area contributed by atoms with Crippen LogP contribution in [0.15, 0.2) is 60.3 Å². The molecule has 0 unspecified atom stereocenters. The van der Waals surface area contributed by atoms with E-state index in [0.717, 1.165) is 11.9 Å². The first-order valence-electron chi connectivity index (χ1n) is 4.59. The van der Waals surface area contributed by atoms with Crippen LogP contribution in [-0.2, 0) is 4.79 Å². The zero-order chi connectivity index (χ0) is 10.6. The van der Waals surface area contributed by atoms with Gasteiger partial charge in [0.25, 0.3) is 0 Å². The average Bonchev–Trinajstić information content (AvgIpc) is 2.18. The van der Waals surface area contributed by atoms with Crippen molar-refractivity contribution in [1.29, 1.82) is 0 Å². The van der Waals surface area contributed by atoms with Gasteiger partial charge < -0.3 is 0 Å². The maximum atomic E-state index is 10.0. The van der Waals surface area contributed by atoms with Gasteiger partial charge in [-0.25, -0.2) is 0 Å². The lowest BCUT2D eigenvalue weighted by atomic mass is 10.2. The van der Waals surface area contributed by atoms with Crippen LogP contribution in [0.5, 0.6) is 0 Å². The fraction of sp³-hybridized carbons (Fsp3) is 0.154. The Bertz CT molecular complexity index is 288. The zero-order valence-corrected chi connectivity index (χ0v) is 8.68. The van der Waals surface area contributed by atoms with Crippen molar-refractivity contribution in [3.05, 3.63) is 60.3 Å². The van der Waals surface area contributed by atoms with Gasteiger partial charge in [-0.3, -0.25) is 4.79 Å². The summed E-state index contributed by atoms with van der Waals surface area (Å²) in [4.78, 5) is 10.0. The third-order valence-corrected chi connectivity index (χ3v) is 1.43. The summed E-state index contributed by atoms with van der Waals surface area (Å²) in [6.07, 6.45) is 17.6. The Balaban J connectivity index is 4.50. The molecule has 74 valence electrons. The molecule has 14 heavy (non-hydrogen) atoms. The number of carbonyl (C=O) groups excluding carboxylic acids is 1.